The zero-order valence-corrected chi connectivity index (χ0v) is 14.0. The lowest BCUT2D eigenvalue weighted by Crippen LogP contribution is -2.14. The fourth-order valence-electron chi connectivity index (χ4n) is 0.699. The second-order valence-electron chi connectivity index (χ2n) is 3.54. The van der Waals surface area contributed by atoms with Gasteiger partial charge in [-0.25, -0.2) is 0 Å². The van der Waals surface area contributed by atoms with E-state index in [0.717, 1.165) is 19.3 Å². The first kappa shape index (κ1) is 22.9. The van der Waals surface area contributed by atoms with E-state index in [1.807, 2.05) is 13.8 Å². The lowest BCUT2D eigenvalue weighted by molar-refractivity contribution is -0.145. The van der Waals surface area contributed by atoms with E-state index >= 15 is 0 Å². The van der Waals surface area contributed by atoms with Crippen molar-refractivity contribution in [3.8, 4) is 0 Å². The van der Waals surface area contributed by atoms with Crippen molar-refractivity contribution < 1.29 is 19.1 Å². The monoisotopic (exact) mass is 346 g/mol. The first-order valence-corrected chi connectivity index (χ1v) is 6.40. The minimum Gasteiger partial charge on any atom is -0.466 e. The Bertz CT molecular complexity index is 212. The SMILES string of the molecule is Br.CCC(C)OC(=O)CCl.CCCCOC(C)=O. The molecule has 0 aliphatic carbocycles. The van der Waals surface area contributed by atoms with Crippen molar-refractivity contribution in [2.24, 2.45) is 0 Å². The Morgan fingerprint density at radius 1 is 1.28 bits per heavy atom. The largest absolute Gasteiger partial charge is 0.466 e. The van der Waals surface area contributed by atoms with Crippen molar-refractivity contribution in [1.29, 1.82) is 0 Å². The minimum atomic E-state index is -0.342. The molecule has 110 valence electrons. The van der Waals surface area contributed by atoms with Gasteiger partial charge < -0.3 is 9.47 Å². The number of esters is 2. The fraction of sp³-hybridized carbons (Fsp3) is 0.833. The number of halogens is 2. The predicted octanol–water partition coefficient (Wildman–Crippen LogP) is 3.49. The standard InChI is InChI=1S/C6H11ClO2.C6H12O2.BrH/c1-3-5(2)9-6(8)4-7;1-3-4-5-8-6(2)7;/h5H,3-4H2,1-2H3;3-5H2,1-2H3;1H. The maximum absolute atomic E-state index is 10.4. The molecule has 0 aliphatic heterocycles. The molecular weight excluding hydrogens is 323 g/mol. The lowest BCUT2D eigenvalue weighted by Gasteiger charge is -2.07. The van der Waals surface area contributed by atoms with E-state index in [4.69, 9.17) is 16.3 Å². The smallest absolute Gasteiger partial charge is 0.321 e. The van der Waals surface area contributed by atoms with Crippen molar-refractivity contribution in [3.05, 3.63) is 0 Å². The highest BCUT2D eigenvalue weighted by Gasteiger charge is 2.03. The highest BCUT2D eigenvalue weighted by molar-refractivity contribution is 8.93. The number of carbonyl (C=O) groups excluding carboxylic acids is 2. The third-order valence-corrected chi connectivity index (χ3v) is 2.04. The Morgan fingerprint density at radius 2 is 1.83 bits per heavy atom. The second-order valence-corrected chi connectivity index (χ2v) is 3.80. The molecule has 0 aliphatic rings. The molecule has 6 heteroatoms. The van der Waals surface area contributed by atoms with Crippen LogP contribution in [0.4, 0.5) is 0 Å². The van der Waals surface area contributed by atoms with Crippen LogP contribution < -0.4 is 0 Å². The normalized spacial score (nSPS) is 10.3. The molecule has 0 N–H and O–H groups in total. The average molecular weight is 348 g/mol. The Balaban J connectivity index is -0.000000238. The van der Waals surface area contributed by atoms with Gasteiger partial charge in [0, 0.05) is 6.92 Å². The molecule has 0 aromatic rings. The molecule has 0 fully saturated rings. The molecule has 1 unspecified atom stereocenters. The molecule has 0 rings (SSSR count). The summed E-state index contributed by atoms with van der Waals surface area (Å²) in [5, 5.41) is 0. The summed E-state index contributed by atoms with van der Waals surface area (Å²) in [5.41, 5.74) is 0. The fourth-order valence-corrected chi connectivity index (χ4v) is 0.762. The van der Waals surface area contributed by atoms with E-state index in [-0.39, 0.29) is 40.9 Å². The van der Waals surface area contributed by atoms with Gasteiger partial charge in [-0.15, -0.1) is 28.6 Å². The van der Waals surface area contributed by atoms with E-state index < -0.39 is 0 Å². The van der Waals surface area contributed by atoms with Gasteiger partial charge in [-0.3, -0.25) is 9.59 Å². The van der Waals surface area contributed by atoms with Crippen molar-refractivity contribution >= 4 is 40.5 Å². The van der Waals surface area contributed by atoms with E-state index in [1.165, 1.54) is 6.92 Å². The van der Waals surface area contributed by atoms with Crippen LogP contribution in [0.5, 0.6) is 0 Å². The predicted molar refractivity (Wildman–Crippen MR) is 78.4 cm³/mol. The van der Waals surface area contributed by atoms with Crippen LogP contribution in [-0.2, 0) is 19.1 Å². The van der Waals surface area contributed by atoms with Crippen LogP contribution in [0, 0.1) is 0 Å². The molecule has 0 saturated carbocycles. The molecule has 0 heterocycles. The first-order valence-electron chi connectivity index (χ1n) is 5.86. The maximum Gasteiger partial charge on any atom is 0.321 e. The summed E-state index contributed by atoms with van der Waals surface area (Å²) in [7, 11) is 0. The van der Waals surface area contributed by atoms with Crippen molar-refractivity contribution in [2.75, 3.05) is 12.5 Å². The number of unbranched alkanes of at least 4 members (excludes halogenated alkanes) is 1. The van der Waals surface area contributed by atoms with Crippen molar-refractivity contribution in [1.82, 2.24) is 0 Å². The van der Waals surface area contributed by atoms with Gasteiger partial charge in [0.25, 0.3) is 0 Å². The number of carbonyl (C=O) groups is 2. The molecule has 0 radical (unpaired) electrons. The Hall–Kier alpha value is -0.290. The van der Waals surface area contributed by atoms with Gasteiger partial charge in [0.1, 0.15) is 5.88 Å². The summed E-state index contributed by atoms with van der Waals surface area (Å²) in [6.45, 7) is 7.85. The summed E-state index contributed by atoms with van der Waals surface area (Å²) >= 11 is 5.18. The summed E-state index contributed by atoms with van der Waals surface area (Å²) < 4.78 is 9.42. The number of rotatable bonds is 6. The quantitative estimate of drug-likeness (QED) is 0.419. The lowest BCUT2D eigenvalue weighted by atomic mass is 10.3. The molecule has 18 heavy (non-hydrogen) atoms. The van der Waals surface area contributed by atoms with Crippen LogP contribution in [0.25, 0.3) is 0 Å². The Kier molecular flexibility index (Phi) is 21.2. The molecule has 0 bridgehead atoms. The molecule has 0 spiro atoms. The highest BCUT2D eigenvalue weighted by atomic mass is 79.9. The third kappa shape index (κ3) is 21.0. The van der Waals surface area contributed by atoms with Gasteiger partial charge in [-0.05, 0) is 19.8 Å². The van der Waals surface area contributed by atoms with E-state index in [0.29, 0.717) is 6.61 Å². The van der Waals surface area contributed by atoms with Gasteiger partial charge in [-0.2, -0.15) is 0 Å². The summed E-state index contributed by atoms with van der Waals surface area (Å²) in [6, 6.07) is 0. The molecule has 0 aromatic carbocycles. The van der Waals surface area contributed by atoms with Crippen LogP contribution in [0.3, 0.4) is 0 Å². The topological polar surface area (TPSA) is 52.6 Å². The Morgan fingerprint density at radius 3 is 2.17 bits per heavy atom. The Labute approximate surface area is 125 Å². The minimum absolute atomic E-state index is 0. The van der Waals surface area contributed by atoms with Crippen LogP contribution in [0.15, 0.2) is 0 Å². The molecule has 0 saturated heterocycles. The van der Waals surface area contributed by atoms with Gasteiger partial charge in [0.15, 0.2) is 0 Å². The number of hydrogen-bond donors (Lipinski definition) is 0. The van der Waals surface area contributed by atoms with Gasteiger partial charge in [-0.1, -0.05) is 20.3 Å². The summed E-state index contributed by atoms with van der Waals surface area (Å²) in [5.74, 6) is -0.575. The first-order chi connectivity index (χ1) is 7.97. The molecule has 0 aromatic heterocycles. The van der Waals surface area contributed by atoms with Crippen LogP contribution in [0.1, 0.15) is 47.0 Å². The van der Waals surface area contributed by atoms with Gasteiger partial charge >= 0.3 is 11.9 Å². The van der Waals surface area contributed by atoms with Crippen molar-refractivity contribution in [3.63, 3.8) is 0 Å². The van der Waals surface area contributed by atoms with E-state index in [1.54, 1.807) is 0 Å². The maximum atomic E-state index is 10.4. The van der Waals surface area contributed by atoms with Crippen LogP contribution >= 0.6 is 28.6 Å². The zero-order chi connectivity index (χ0) is 13.7. The molecule has 4 nitrogen and oxygen atoms in total. The molecular formula is C12H24BrClO4. The van der Waals surface area contributed by atoms with Crippen molar-refractivity contribution in [2.45, 2.75) is 53.1 Å². The highest BCUT2D eigenvalue weighted by Crippen LogP contribution is 1.96. The number of alkyl halides is 1. The van der Waals surface area contributed by atoms with Crippen LogP contribution in [-0.4, -0.2) is 30.5 Å². The number of ether oxygens (including phenoxy) is 2. The van der Waals surface area contributed by atoms with Gasteiger partial charge in [0.2, 0.25) is 0 Å². The van der Waals surface area contributed by atoms with E-state index in [9.17, 15) is 9.59 Å². The molecule has 0 amide bonds. The van der Waals surface area contributed by atoms with E-state index in [2.05, 4.69) is 11.7 Å². The average Bonchev–Trinajstić information content (AvgIpc) is 2.29. The van der Waals surface area contributed by atoms with Crippen LogP contribution in [0.2, 0.25) is 0 Å². The third-order valence-electron chi connectivity index (χ3n) is 1.82. The van der Waals surface area contributed by atoms with Gasteiger partial charge in [0.05, 0.1) is 12.7 Å². The summed E-state index contributed by atoms with van der Waals surface area (Å²) in [6.07, 6.45) is 2.88. The molecule has 1 atom stereocenters. The zero-order valence-electron chi connectivity index (χ0n) is 11.5. The number of hydrogen-bond acceptors (Lipinski definition) is 4. The second kappa shape index (κ2) is 16.7. The summed E-state index contributed by atoms with van der Waals surface area (Å²) in [4.78, 5) is 20.5.